The predicted octanol–water partition coefficient (Wildman–Crippen LogP) is 6.29. The van der Waals surface area contributed by atoms with Gasteiger partial charge in [0.25, 0.3) is 5.91 Å². The Labute approximate surface area is 188 Å². The van der Waals surface area contributed by atoms with Crippen molar-refractivity contribution in [2.75, 3.05) is 16.0 Å². The molecule has 0 radical (unpaired) electrons. The van der Waals surface area contributed by atoms with E-state index in [1.54, 1.807) is 6.07 Å². The van der Waals surface area contributed by atoms with Crippen LogP contribution in [0.15, 0.2) is 89.4 Å². The third-order valence-electron chi connectivity index (χ3n) is 4.42. The third-order valence-corrected chi connectivity index (χ3v) is 5.11. The Hall–Kier alpha value is -3.71. The lowest BCUT2D eigenvalue weighted by molar-refractivity contribution is 0.102. The molecule has 4 rings (SSSR count). The van der Waals surface area contributed by atoms with Gasteiger partial charge in [0, 0.05) is 33.3 Å². The number of amides is 1. The molecule has 0 aliphatic heterocycles. The number of hydrogen-bond acceptors (Lipinski definition) is 5. The minimum Gasteiger partial charge on any atom is -0.340 e. The highest BCUT2D eigenvalue weighted by Crippen LogP contribution is 2.22. The number of rotatable bonds is 6. The summed E-state index contributed by atoms with van der Waals surface area (Å²) in [6.07, 6.45) is 0. The summed E-state index contributed by atoms with van der Waals surface area (Å²) >= 11 is 3.40. The van der Waals surface area contributed by atoms with Crippen LogP contribution < -0.4 is 16.0 Å². The van der Waals surface area contributed by atoms with Gasteiger partial charge < -0.3 is 16.0 Å². The van der Waals surface area contributed by atoms with Crippen molar-refractivity contribution >= 4 is 50.7 Å². The van der Waals surface area contributed by atoms with Gasteiger partial charge in [0.1, 0.15) is 5.82 Å². The van der Waals surface area contributed by atoms with E-state index in [4.69, 9.17) is 0 Å². The molecule has 3 N–H and O–H groups in total. The monoisotopic (exact) mass is 473 g/mol. The first-order chi connectivity index (χ1) is 15.1. The van der Waals surface area contributed by atoms with Crippen molar-refractivity contribution in [3.05, 3.63) is 101 Å². The van der Waals surface area contributed by atoms with E-state index in [1.165, 1.54) is 0 Å². The second-order valence-electron chi connectivity index (χ2n) is 6.85. The molecule has 0 fully saturated rings. The first kappa shape index (κ1) is 20.6. The molecule has 6 nitrogen and oxygen atoms in total. The Morgan fingerprint density at radius 1 is 0.774 bits per heavy atom. The lowest BCUT2D eigenvalue weighted by Crippen LogP contribution is -2.12. The van der Waals surface area contributed by atoms with E-state index in [9.17, 15) is 4.79 Å². The maximum atomic E-state index is 12.5. The number of carbonyl (C=O) groups excluding carboxylic acids is 1. The van der Waals surface area contributed by atoms with E-state index in [0.717, 1.165) is 21.5 Å². The molecule has 0 spiro atoms. The number of aryl methyl sites for hydroxylation is 1. The molecule has 0 saturated carbocycles. The lowest BCUT2D eigenvalue weighted by Gasteiger charge is -2.11. The second kappa shape index (κ2) is 9.40. The second-order valence-corrected chi connectivity index (χ2v) is 7.70. The molecule has 31 heavy (non-hydrogen) atoms. The normalized spacial score (nSPS) is 10.4. The number of nitrogens with one attached hydrogen (secondary N) is 3. The van der Waals surface area contributed by atoms with Crippen LogP contribution in [0, 0.1) is 6.92 Å². The molecule has 0 atom stereocenters. The molecule has 0 bridgehead atoms. The zero-order chi connectivity index (χ0) is 21.6. The van der Waals surface area contributed by atoms with Crippen LogP contribution in [0.3, 0.4) is 0 Å². The van der Waals surface area contributed by atoms with Gasteiger partial charge in [-0.3, -0.25) is 4.79 Å². The Balaban J connectivity index is 1.44. The highest BCUT2D eigenvalue weighted by molar-refractivity contribution is 9.10. The standard InChI is InChI=1S/C24H20BrN5O/c1-16-15-22(27-17-7-3-2-4-8-17)30-24(26-16)29-19-13-11-18(12-14-19)28-23(31)20-9-5-6-10-21(20)25/h2-15H,1H3,(H,28,31)(H2,26,27,29,30). The fourth-order valence-corrected chi connectivity index (χ4v) is 3.43. The number of para-hydroxylation sites is 1. The number of halogens is 1. The van der Waals surface area contributed by atoms with Crippen molar-refractivity contribution in [3.63, 3.8) is 0 Å². The predicted molar refractivity (Wildman–Crippen MR) is 128 cm³/mol. The van der Waals surface area contributed by atoms with Crippen LogP contribution in [-0.4, -0.2) is 15.9 Å². The molecule has 0 unspecified atom stereocenters. The van der Waals surface area contributed by atoms with Gasteiger partial charge in [-0.25, -0.2) is 4.98 Å². The SMILES string of the molecule is Cc1cc(Nc2ccccc2)nc(Nc2ccc(NC(=O)c3ccccc3Br)cc2)n1. The number of benzene rings is 3. The van der Waals surface area contributed by atoms with E-state index >= 15 is 0 Å². The summed E-state index contributed by atoms with van der Waals surface area (Å²) in [5.74, 6) is 1.02. The molecule has 1 aromatic heterocycles. The molecule has 3 aromatic carbocycles. The van der Waals surface area contributed by atoms with Gasteiger partial charge in [-0.15, -0.1) is 0 Å². The Bertz CT molecular complexity index is 1200. The van der Waals surface area contributed by atoms with Crippen LogP contribution in [0.1, 0.15) is 16.1 Å². The van der Waals surface area contributed by atoms with E-state index < -0.39 is 0 Å². The topological polar surface area (TPSA) is 78.9 Å². The summed E-state index contributed by atoms with van der Waals surface area (Å²) in [6.45, 7) is 1.92. The Kier molecular flexibility index (Phi) is 6.24. The van der Waals surface area contributed by atoms with Crippen molar-refractivity contribution in [1.82, 2.24) is 9.97 Å². The summed E-state index contributed by atoms with van der Waals surface area (Å²) in [5.41, 5.74) is 3.89. The molecule has 0 aliphatic rings. The molecule has 154 valence electrons. The zero-order valence-electron chi connectivity index (χ0n) is 16.8. The summed E-state index contributed by atoms with van der Waals surface area (Å²) < 4.78 is 0.752. The highest BCUT2D eigenvalue weighted by Gasteiger charge is 2.09. The average molecular weight is 474 g/mol. The highest BCUT2D eigenvalue weighted by atomic mass is 79.9. The number of anilines is 5. The van der Waals surface area contributed by atoms with Crippen molar-refractivity contribution < 1.29 is 4.79 Å². The van der Waals surface area contributed by atoms with Gasteiger partial charge in [0.05, 0.1) is 5.56 Å². The van der Waals surface area contributed by atoms with Crippen LogP contribution in [0.5, 0.6) is 0 Å². The molecule has 1 heterocycles. The van der Waals surface area contributed by atoms with Crippen LogP contribution >= 0.6 is 15.9 Å². The van der Waals surface area contributed by atoms with E-state index in [-0.39, 0.29) is 5.91 Å². The van der Waals surface area contributed by atoms with Gasteiger partial charge >= 0.3 is 0 Å². The average Bonchev–Trinajstić information content (AvgIpc) is 2.76. The molecule has 0 aliphatic carbocycles. The largest absolute Gasteiger partial charge is 0.340 e. The van der Waals surface area contributed by atoms with Crippen LogP contribution in [0.25, 0.3) is 0 Å². The zero-order valence-corrected chi connectivity index (χ0v) is 18.3. The van der Waals surface area contributed by atoms with Gasteiger partial charge in [-0.1, -0.05) is 30.3 Å². The minimum absolute atomic E-state index is 0.174. The summed E-state index contributed by atoms with van der Waals surface area (Å²) in [6, 6.07) is 26.4. The summed E-state index contributed by atoms with van der Waals surface area (Å²) in [7, 11) is 0. The van der Waals surface area contributed by atoms with E-state index in [1.807, 2.05) is 85.8 Å². The van der Waals surface area contributed by atoms with Gasteiger partial charge in [-0.05, 0) is 71.4 Å². The van der Waals surface area contributed by atoms with Crippen LogP contribution in [0.4, 0.5) is 28.8 Å². The number of hydrogen-bond donors (Lipinski definition) is 3. The van der Waals surface area contributed by atoms with Gasteiger partial charge in [0.15, 0.2) is 0 Å². The minimum atomic E-state index is -0.174. The fourth-order valence-electron chi connectivity index (χ4n) is 2.97. The van der Waals surface area contributed by atoms with E-state index in [2.05, 4.69) is 41.8 Å². The third kappa shape index (κ3) is 5.46. The van der Waals surface area contributed by atoms with Crippen molar-refractivity contribution in [1.29, 1.82) is 0 Å². The van der Waals surface area contributed by atoms with Crippen molar-refractivity contribution in [2.24, 2.45) is 0 Å². The lowest BCUT2D eigenvalue weighted by atomic mass is 10.2. The molecular weight excluding hydrogens is 454 g/mol. The number of carbonyl (C=O) groups is 1. The molecule has 4 aromatic rings. The Morgan fingerprint density at radius 2 is 1.42 bits per heavy atom. The number of aromatic nitrogens is 2. The first-order valence-electron chi connectivity index (χ1n) is 9.67. The number of nitrogens with zero attached hydrogens (tertiary/aromatic N) is 2. The van der Waals surface area contributed by atoms with Crippen molar-refractivity contribution in [3.8, 4) is 0 Å². The van der Waals surface area contributed by atoms with Crippen molar-refractivity contribution in [2.45, 2.75) is 6.92 Å². The maximum Gasteiger partial charge on any atom is 0.256 e. The quantitative estimate of drug-likeness (QED) is 0.306. The molecule has 0 saturated heterocycles. The maximum absolute atomic E-state index is 12.5. The first-order valence-corrected chi connectivity index (χ1v) is 10.5. The molecule has 1 amide bonds. The summed E-state index contributed by atoms with van der Waals surface area (Å²) in [5, 5.41) is 9.39. The van der Waals surface area contributed by atoms with Crippen LogP contribution in [0.2, 0.25) is 0 Å². The summed E-state index contributed by atoms with van der Waals surface area (Å²) in [4.78, 5) is 21.4. The van der Waals surface area contributed by atoms with Gasteiger partial charge in [-0.2, -0.15) is 4.98 Å². The fraction of sp³-hybridized carbons (Fsp3) is 0.0417. The van der Waals surface area contributed by atoms with Crippen LogP contribution in [-0.2, 0) is 0 Å². The van der Waals surface area contributed by atoms with Gasteiger partial charge in [0.2, 0.25) is 5.95 Å². The molecular formula is C24H20BrN5O. The smallest absolute Gasteiger partial charge is 0.256 e. The molecule has 7 heteroatoms. The van der Waals surface area contributed by atoms with E-state index in [0.29, 0.717) is 23.0 Å². The Morgan fingerprint density at radius 3 is 2.16 bits per heavy atom.